The van der Waals surface area contributed by atoms with Gasteiger partial charge in [-0.3, -0.25) is 0 Å². The van der Waals surface area contributed by atoms with E-state index in [2.05, 4.69) is 10.1 Å². The molecule has 1 fully saturated rings. The first-order valence-corrected chi connectivity index (χ1v) is 7.50. The van der Waals surface area contributed by atoms with Gasteiger partial charge in [0.05, 0.1) is 5.56 Å². The molecule has 1 aliphatic rings. The molecule has 1 heterocycles. The van der Waals surface area contributed by atoms with Crippen molar-refractivity contribution in [2.45, 2.75) is 45.1 Å². The second-order valence-corrected chi connectivity index (χ2v) is 5.59. The summed E-state index contributed by atoms with van der Waals surface area (Å²) in [5.41, 5.74) is 8.21. The number of benzene rings is 1. The molecule has 0 atom stereocenters. The molecule has 0 unspecified atom stereocenters. The fraction of sp³-hybridized carbons (Fsp3) is 0.500. The van der Waals surface area contributed by atoms with E-state index in [1.54, 1.807) is 0 Å². The smallest absolute Gasteiger partial charge is 0.260 e. The molecule has 0 saturated heterocycles. The van der Waals surface area contributed by atoms with Crippen LogP contribution in [0.15, 0.2) is 22.7 Å². The standard InChI is InChI=1S/C16H21N3O2/c1-3-20-16(9-4-5-10-16)15-18-14(21-19-15)12-8-6-7-11(2)13(12)17/h6-8H,3-5,9-10,17H2,1-2H3. The van der Waals surface area contributed by atoms with Gasteiger partial charge >= 0.3 is 0 Å². The maximum atomic E-state index is 6.11. The summed E-state index contributed by atoms with van der Waals surface area (Å²) < 4.78 is 11.4. The lowest BCUT2D eigenvalue weighted by Gasteiger charge is -2.24. The molecule has 0 bridgehead atoms. The van der Waals surface area contributed by atoms with Crippen molar-refractivity contribution in [3.8, 4) is 11.5 Å². The lowest BCUT2D eigenvalue weighted by atomic mass is 10.0. The Kier molecular flexibility index (Phi) is 3.68. The van der Waals surface area contributed by atoms with Gasteiger partial charge in [0.2, 0.25) is 5.82 Å². The summed E-state index contributed by atoms with van der Waals surface area (Å²) in [6, 6.07) is 5.81. The molecule has 1 saturated carbocycles. The highest BCUT2D eigenvalue weighted by atomic mass is 16.5. The molecule has 21 heavy (non-hydrogen) atoms. The second kappa shape index (κ2) is 5.48. The minimum absolute atomic E-state index is 0.380. The summed E-state index contributed by atoms with van der Waals surface area (Å²) in [5, 5.41) is 4.17. The first-order valence-electron chi connectivity index (χ1n) is 7.50. The Bertz CT molecular complexity index is 630. The summed E-state index contributed by atoms with van der Waals surface area (Å²) in [6.45, 7) is 4.62. The van der Waals surface area contributed by atoms with E-state index in [0.717, 1.165) is 36.8 Å². The first kappa shape index (κ1) is 14.1. The molecule has 0 radical (unpaired) electrons. The van der Waals surface area contributed by atoms with Crippen LogP contribution in [0.4, 0.5) is 5.69 Å². The third-order valence-electron chi connectivity index (χ3n) is 4.22. The number of nitrogens with two attached hydrogens (primary N) is 1. The van der Waals surface area contributed by atoms with Crippen molar-refractivity contribution in [1.82, 2.24) is 10.1 Å². The van der Waals surface area contributed by atoms with E-state index < -0.39 is 0 Å². The molecule has 5 nitrogen and oxygen atoms in total. The van der Waals surface area contributed by atoms with Crippen LogP contribution in [0.25, 0.3) is 11.5 Å². The van der Waals surface area contributed by atoms with Crippen molar-refractivity contribution in [1.29, 1.82) is 0 Å². The number of hydrogen-bond donors (Lipinski definition) is 1. The largest absolute Gasteiger partial charge is 0.398 e. The SMILES string of the molecule is CCOC1(c2noc(-c3cccc(C)c3N)n2)CCCC1. The van der Waals surface area contributed by atoms with Crippen molar-refractivity contribution >= 4 is 5.69 Å². The Hall–Kier alpha value is -1.88. The van der Waals surface area contributed by atoms with Gasteiger partial charge in [0, 0.05) is 12.3 Å². The van der Waals surface area contributed by atoms with Gasteiger partial charge < -0.3 is 15.0 Å². The van der Waals surface area contributed by atoms with E-state index >= 15 is 0 Å². The predicted octanol–water partition coefficient (Wildman–Crippen LogP) is 3.43. The molecule has 5 heteroatoms. The van der Waals surface area contributed by atoms with E-state index in [9.17, 15) is 0 Å². The molecular formula is C16H21N3O2. The number of rotatable bonds is 4. The average molecular weight is 287 g/mol. The molecule has 1 aliphatic carbocycles. The van der Waals surface area contributed by atoms with E-state index in [1.807, 2.05) is 32.0 Å². The molecule has 0 spiro atoms. The first-order chi connectivity index (χ1) is 10.2. The summed E-state index contributed by atoms with van der Waals surface area (Å²) >= 11 is 0. The number of nitrogens with zero attached hydrogens (tertiary/aromatic N) is 2. The molecule has 3 rings (SSSR count). The number of aryl methyl sites for hydroxylation is 1. The molecular weight excluding hydrogens is 266 g/mol. The lowest BCUT2D eigenvalue weighted by molar-refractivity contribution is -0.0469. The van der Waals surface area contributed by atoms with E-state index in [0.29, 0.717) is 24.0 Å². The fourth-order valence-electron chi connectivity index (χ4n) is 3.04. The second-order valence-electron chi connectivity index (χ2n) is 5.59. The molecule has 112 valence electrons. The zero-order valence-electron chi connectivity index (χ0n) is 12.6. The Morgan fingerprint density at radius 2 is 2.10 bits per heavy atom. The van der Waals surface area contributed by atoms with Gasteiger partial charge in [-0.25, -0.2) is 0 Å². The number of nitrogen functional groups attached to an aromatic ring is 1. The van der Waals surface area contributed by atoms with Crippen LogP contribution in [-0.2, 0) is 10.3 Å². The van der Waals surface area contributed by atoms with Gasteiger partial charge in [-0.15, -0.1) is 0 Å². The van der Waals surface area contributed by atoms with Crippen LogP contribution in [0, 0.1) is 6.92 Å². The summed E-state index contributed by atoms with van der Waals surface area (Å²) in [5.74, 6) is 1.12. The monoisotopic (exact) mass is 287 g/mol. The van der Waals surface area contributed by atoms with Crippen LogP contribution in [0.1, 0.15) is 44.0 Å². The topological polar surface area (TPSA) is 74.2 Å². The zero-order chi connectivity index (χ0) is 14.9. The Balaban J connectivity index is 1.98. The molecule has 2 N–H and O–H groups in total. The quantitative estimate of drug-likeness (QED) is 0.872. The third kappa shape index (κ3) is 2.42. The number of aromatic nitrogens is 2. The molecule has 0 amide bonds. The Labute approximate surface area is 124 Å². The highest BCUT2D eigenvalue weighted by Crippen LogP contribution is 2.41. The van der Waals surface area contributed by atoms with Crippen molar-refractivity contribution in [3.63, 3.8) is 0 Å². The fourth-order valence-corrected chi connectivity index (χ4v) is 3.04. The van der Waals surface area contributed by atoms with Crippen molar-refractivity contribution in [3.05, 3.63) is 29.6 Å². The van der Waals surface area contributed by atoms with Gasteiger partial charge in [0.1, 0.15) is 5.60 Å². The van der Waals surface area contributed by atoms with Crippen LogP contribution < -0.4 is 5.73 Å². The van der Waals surface area contributed by atoms with E-state index in [4.69, 9.17) is 15.0 Å². The zero-order valence-corrected chi connectivity index (χ0v) is 12.6. The van der Waals surface area contributed by atoms with Crippen molar-refractivity contribution in [2.75, 3.05) is 12.3 Å². The average Bonchev–Trinajstić information content (AvgIpc) is 3.12. The number of para-hydroxylation sites is 1. The molecule has 0 aliphatic heterocycles. The maximum Gasteiger partial charge on any atom is 0.260 e. The third-order valence-corrected chi connectivity index (χ3v) is 4.22. The molecule has 2 aromatic rings. The van der Waals surface area contributed by atoms with Crippen LogP contribution in [0.3, 0.4) is 0 Å². The highest BCUT2D eigenvalue weighted by Gasteiger charge is 2.41. The number of ether oxygens (including phenoxy) is 1. The summed E-state index contributed by atoms with van der Waals surface area (Å²) in [6.07, 6.45) is 4.17. The number of anilines is 1. The van der Waals surface area contributed by atoms with Crippen LogP contribution in [0.2, 0.25) is 0 Å². The maximum absolute atomic E-state index is 6.11. The summed E-state index contributed by atoms with van der Waals surface area (Å²) in [7, 11) is 0. The van der Waals surface area contributed by atoms with Gasteiger partial charge in [-0.05, 0) is 51.2 Å². The van der Waals surface area contributed by atoms with Crippen molar-refractivity contribution < 1.29 is 9.26 Å². The van der Waals surface area contributed by atoms with E-state index in [-0.39, 0.29) is 5.60 Å². The molecule has 1 aromatic carbocycles. The minimum Gasteiger partial charge on any atom is -0.398 e. The van der Waals surface area contributed by atoms with Gasteiger partial charge in [0.15, 0.2) is 0 Å². The van der Waals surface area contributed by atoms with Gasteiger partial charge in [-0.2, -0.15) is 4.98 Å². The van der Waals surface area contributed by atoms with Gasteiger partial charge in [0.25, 0.3) is 5.89 Å². The van der Waals surface area contributed by atoms with E-state index in [1.165, 1.54) is 0 Å². The summed E-state index contributed by atoms with van der Waals surface area (Å²) in [4.78, 5) is 4.57. The van der Waals surface area contributed by atoms with Crippen LogP contribution >= 0.6 is 0 Å². The Morgan fingerprint density at radius 3 is 2.81 bits per heavy atom. The Morgan fingerprint density at radius 1 is 1.33 bits per heavy atom. The van der Waals surface area contributed by atoms with Gasteiger partial charge in [-0.1, -0.05) is 17.3 Å². The van der Waals surface area contributed by atoms with Crippen LogP contribution in [0.5, 0.6) is 0 Å². The normalized spacial score (nSPS) is 17.2. The van der Waals surface area contributed by atoms with Crippen molar-refractivity contribution in [2.24, 2.45) is 0 Å². The number of hydrogen-bond acceptors (Lipinski definition) is 5. The predicted molar refractivity (Wildman–Crippen MR) is 80.7 cm³/mol. The van der Waals surface area contributed by atoms with Crippen LogP contribution in [-0.4, -0.2) is 16.7 Å². The molecule has 1 aromatic heterocycles. The highest BCUT2D eigenvalue weighted by molar-refractivity contribution is 5.73. The lowest BCUT2D eigenvalue weighted by Crippen LogP contribution is -2.27. The minimum atomic E-state index is -0.380.